The van der Waals surface area contributed by atoms with E-state index in [1.54, 1.807) is 12.1 Å². The lowest BCUT2D eigenvalue weighted by Gasteiger charge is -2.47. The molecule has 0 aromatic heterocycles. The number of fused-ring (bicyclic) bond motifs is 1. The van der Waals surface area contributed by atoms with Crippen molar-refractivity contribution in [2.75, 3.05) is 12.3 Å². The lowest BCUT2D eigenvalue weighted by molar-refractivity contribution is -0.385. The van der Waals surface area contributed by atoms with Crippen molar-refractivity contribution in [3.05, 3.63) is 90.5 Å². The number of nitro groups is 2. The van der Waals surface area contributed by atoms with Gasteiger partial charge < -0.3 is 19.8 Å². The Bertz CT molecular complexity index is 1480. The normalized spacial score (nSPS) is 20.0. The van der Waals surface area contributed by atoms with Crippen LogP contribution < -0.4 is 5.32 Å². The van der Waals surface area contributed by atoms with E-state index in [2.05, 4.69) is 10.3 Å². The van der Waals surface area contributed by atoms with E-state index >= 15 is 0 Å². The van der Waals surface area contributed by atoms with Gasteiger partial charge in [-0.25, -0.2) is 9.59 Å². The second kappa shape index (κ2) is 13.4. The minimum absolute atomic E-state index is 0.0843. The lowest BCUT2D eigenvalue weighted by Crippen LogP contribution is -2.64. The van der Waals surface area contributed by atoms with Gasteiger partial charge in [-0.15, -0.1) is 11.8 Å². The number of aliphatic hydroxyl groups excluding tert-OH is 1. The molecule has 2 aliphatic heterocycles. The van der Waals surface area contributed by atoms with E-state index in [0.29, 0.717) is 28.2 Å². The highest BCUT2D eigenvalue weighted by atomic mass is 32.2. The Morgan fingerprint density at radius 1 is 1.09 bits per heavy atom. The monoisotopic (exact) mass is 613 g/mol. The maximum Gasteiger partial charge on any atom is 0.412 e. The van der Waals surface area contributed by atoms with Gasteiger partial charge in [0.15, 0.2) is 0 Å². The van der Waals surface area contributed by atoms with Gasteiger partial charge >= 0.3 is 12.1 Å². The fourth-order valence-electron chi connectivity index (χ4n) is 5.04. The summed E-state index contributed by atoms with van der Waals surface area (Å²) in [5.41, 5.74) is 0.936. The zero-order chi connectivity index (χ0) is 31.3. The number of β-lactam (4-membered cyclic amide) rings is 1. The Kier molecular flexibility index (Phi) is 9.72. The summed E-state index contributed by atoms with van der Waals surface area (Å²) < 4.78 is 5.03. The molecule has 2 unspecified atom stereocenters. The average Bonchev–Trinajstić information content (AvgIpc) is 3.23. The van der Waals surface area contributed by atoms with Gasteiger partial charge in [-0.3, -0.25) is 35.3 Å². The quantitative estimate of drug-likeness (QED) is 0.0745. The van der Waals surface area contributed by atoms with Crippen molar-refractivity contribution < 1.29 is 39.2 Å². The zero-order valence-corrected chi connectivity index (χ0v) is 23.5. The summed E-state index contributed by atoms with van der Waals surface area (Å²) in [4.78, 5) is 63.4. The highest BCUT2D eigenvalue weighted by molar-refractivity contribution is 8.03. The number of ether oxygens (including phenoxy) is 1. The van der Waals surface area contributed by atoms with E-state index in [4.69, 9.17) is 4.74 Å². The second-order valence-corrected chi connectivity index (χ2v) is 10.9. The highest BCUT2D eigenvalue weighted by Gasteiger charge is 2.61. The molecular weight excluding hydrogens is 586 g/mol. The molecule has 15 nitrogen and oxygen atoms in total. The largest absolute Gasteiger partial charge is 0.477 e. The van der Waals surface area contributed by atoms with Gasteiger partial charge in [0.05, 0.1) is 40.8 Å². The molecule has 4 rings (SSSR count). The Morgan fingerprint density at radius 2 is 1.67 bits per heavy atom. The molecule has 3 N–H and O–H groups in total. The average molecular weight is 614 g/mol. The van der Waals surface area contributed by atoms with E-state index < -0.39 is 51.8 Å². The van der Waals surface area contributed by atoms with Gasteiger partial charge in [-0.05, 0) is 36.6 Å². The van der Waals surface area contributed by atoms with E-state index in [9.17, 15) is 44.8 Å². The van der Waals surface area contributed by atoms with Crippen LogP contribution in [0.4, 0.5) is 16.2 Å². The van der Waals surface area contributed by atoms with Crippen LogP contribution in [0.3, 0.4) is 0 Å². The topological polar surface area (TPSA) is 215 Å². The molecule has 0 spiro atoms. The van der Waals surface area contributed by atoms with Crippen LogP contribution in [0.25, 0.3) is 0 Å². The van der Waals surface area contributed by atoms with Crippen molar-refractivity contribution in [2.45, 2.75) is 32.1 Å². The molecule has 2 aromatic rings. The second-order valence-electron chi connectivity index (χ2n) is 9.75. The van der Waals surface area contributed by atoms with Gasteiger partial charge in [0.2, 0.25) is 5.91 Å². The van der Waals surface area contributed by atoms with Crippen LogP contribution in [0.15, 0.2) is 64.1 Å². The number of hydrogen-bond acceptors (Lipinski definition) is 11. The molecule has 1 saturated heterocycles. The van der Waals surface area contributed by atoms with E-state index in [1.165, 1.54) is 60.0 Å². The molecule has 16 heteroatoms. The third-order valence-electron chi connectivity index (χ3n) is 7.01. The number of non-ortho nitro benzene ring substituents is 2. The van der Waals surface area contributed by atoms with Crippen molar-refractivity contribution in [3.8, 4) is 0 Å². The van der Waals surface area contributed by atoms with Crippen LogP contribution in [0, 0.1) is 32.1 Å². The summed E-state index contributed by atoms with van der Waals surface area (Å²) in [6, 6.07) is 10.8. The fraction of sp³-hybridized carbons (Fsp3) is 0.333. The number of hydrogen-bond donors (Lipinski definition) is 3. The summed E-state index contributed by atoms with van der Waals surface area (Å²) in [6.45, 7) is 1.54. The molecule has 226 valence electrons. The number of rotatable bonds is 13. The van der Waals surface area contributed by atoms with Gasteiger partial charge in [-0.2, -0.15) is 0 Å². The molecule has 43 heavy (non-hydrogen) atoms. The van der Waals surface area contributed by atoms with Gasteiger partial charge in [0.25, 0.3) is 11.4 Å². The predicted molar refractivity (Wildman–Crippen MR) is 153 cm³/mol. The van der Waals surface area contributed by atoms with Crippen molar-refractivity contribution in [3.63, 3.8) is 0 Å². The number of carbonyl (C=O) groups excluding carboxylic acids is 2. The predicted octanol–water partition coefficient (Wildman–Crippen LogP) is 2.87. The highest BCUT2D eigenvalue weighted by Crippen LogP contribution is 2.51. The first-order valence-corrected chi connectivity index (χ1v) is 14.0. The number of aliphatic hydroxyl groups is 1. The maximum atomic E-state index is 12.8. The summed E-state index contributed by atoms with van der Waals surface area (Å²) in [5.74, 6) is -2.71. The van der Waals surface area contributed by atoms with E-state index in [0.717, 1.165) is 6.34 Å². The molecular formula is C27H27N5O10S. The number of nitro benzene ring substituents is 2. The van der Waals surface area contributed by atoms with Crippen LogP contribution in [0.5, 0.6) is 0 Å². The number of carbonyl (C=O) groups is 3. The Balaban J connectivity index is 1.37. The molecule has 4 atom stereocenters. The van der Waals surface area contributed by atoms with Gasteiger partial charge in [0, 0.05) is 40.8 Å². The van der Waals surface area contributed by atoms with Gasteiger partial charge in [0.1, 0.15) is 12.3 Å². The minimum atomic E-state index is -1.28. The summed E-state index contributed by atoms with van der Waals surface area (Å²) in [5, 5.41) is 44.3. The minimum Gasteiger partial charge on any atom is -0.477 e. The number of amides is 2. The maximum absolute atomic E-state index is 12.8. The van der Waals surface area contributed by atoms with E-state index in [1.807, 2.05) is 0 Å². The third-order valence-corrected chi connectivity index (χ3v) is 8.20. The number of nitrogens with zero attached hydrogens (tertiary/aromatic N) is 4. The van der Waals surface area contributed by atoms with Gasteiger partial charge in [-0.1, -0.05) is 12.1 Å². The summed E-state index contributed by atoms with van der Waals surface area (Å²) >= 11 is 1.20. The molecule has 2 amide bonds. The summed E-state index contributed by atoms with van der Waals surface area (Å²) in [6.07, 6.45) is -0.366. The SMILES string of the molecule is C[C@@H](O)C1C(=O)N2C(C(=O)O)=C(SCCN=CNC(=O)OCc3ccc([N+](=O)[O-])cc3)C(Cc3ccc([N+](=O)[O-])cc3)[C@@H]12. The van der Waals surface area contributed by atoms with Crippen molar-refractivity contribution in [1.29, 1.82) is 0 Å². The number of carboxylic acid groups (broad SMARTS) is 1. The number of carboxylic acids is 1. The van der Waals surface area contributed by atoms with Crippen molar-refractivity contribution >= 4 is 47.4 Å². The first-order chi connectivity index (χ1) is 20.5. The summed E-state index contributed by atoms with van der Waals surface area (Å²) in [7, 11) is 0. The van der Waals surface area contributed by atoms with Crippen LogP contribution >= 0.6 is 11.8 Å². The van der Waals surface area contributed by atoms with Crippen LogP contribution in [0.1, 0.15) is 18.1 Å². The fourth-order valence-corrected chi connectivity index (χ4v) is 6.22. The Morgan fingerprint density at radius 3 is 2.21 bits per heavy atom. The molecule has 0 aliphatic carbocycles. The molecule has 0 saturated carbocycles. The Labute approximate surface area is 248 Å². The first-order valence-electron chi connectivity index (χ1n) is 13.0. The molecule has 0 radical (unpaired) electrons. The van der Waals surface area contributed by atoms with Crippen LogP contribution in [-0.2, 0) is 27.4 Å². The third kappa shape index (κ3) is 6.98. The number of aliphatic carboxylic acids is 1. The standard InChI is InChI=1S/C27H27N5O10S/c1-15(33)21-22-20(12-16-2-6-18(7-3-16)31(38)39)24(23(26(35)36)30(22)25(21)34)43-11-10-28-14-29-27(37)42-13-17-4-8-19(9-5-17)32(40)41/h2-9,14-15,20-22,33H,10-13H2,1H3,(H,35,36)(H,28,29,37)/t15-,20?,21?,22+/m1/s1. The first kappa shape index (κ1) is 31.1. The zero-order valence-electron chi connectivity index (χ0n) is 22.7. The number of benzene rings is 2. The van der Waals surface area contributed by atoms with Crippen molar-refractivity contribution in [2.24, 2.45) is 16.8 Å². The molecule has 2 aliphatic rings. The smallest absolute Gasteiger partial charge is 0.412 e. The molecule has 1 fully saturated rings. The molecule has 2 heterocycles. The molecule has 0 bridgehead atoms. The van der Waals surface area contributed by atoms with Crippen molar-refractivity contribution in [1.82, 2.24) is 10.2 Å². The number of nitrogens with one attached hydrogen (secondary N) is 1. The van der Waals surface area contributed by atoms with Crippen LogP contribution in [0.2, 0.25) is 0 Å². The number of thioether (sulfide) groups is 1. The lowest BCUT2D eigenvalue weighted by atomic mass is 9.76. The number of aliphatic imine (C=N–C) groups is 1. The molecule has 2 aromatic carbocycles. The van der Waals surface area contributed by atoms with E-state index in [-0.39, 0.29) is 30.2 Å². The Hall–Kier alpha value is -4.83. The number of alkyl carbamates (subject to hydrolysis) is 1. The van der Waals surface area contributed by atoms with Crippen LogP contribution in [-0.4, -0.2) is 73.7 Å².